The van der Waals surface area contributed by atoms with E-state index in [9.17, 15) is 25.3 Å². The fraction of sp³-hybridized carbons (Fsp3) is 0.346. The maximum Gasteiger partial charge on any atom is 0.311 e. The van der Waals surface area contributed by atoms with E-state index in [4.69, 9.17) is 9.40 Å². The number of nitrogens with one attached hydrogen (secondary N) is 2. The first-order chi connectivity index (χ1) is 20.1. The fourth-order valence-electron chi connectivity index (χ4n) is 3.80. The third kappa shape index (κ3) is 8.60. The first-order valence-electron chi connectivity index (χ1n) is 13.0. The zero-order valence-corrected chi connectivity index (χ0v) is 27.1. The van der Waals surface area contributed by atoms with Gasteiger partial charge >= 0.3 is 10.0 Å². The highest BCUT2D eigenvalue weighted by atomic mass is 32.2. The first kappa shape index (κ1) is 32.5. The maximum atomic E-state index is 13.5. The van der Waals surface area contributed by atoms with Gasteiger partial charge in [0.15, 0.2) is 0 Å². The molecular formula is C26H32N6O7S4. The van der Waals surface area contributed by atoms with E-state index in [0.29, 0.717) is 21.8 Å². The van der Waals surface area contributed by atoms with Crippen LogP contribution in [0.2, 0.25) is 0 Å². The van der Waals surface area contributed by atoms with Gasteiger partial charge in [-0.05, 0) is 30.3 Å². The molecule has 3 heterocycles. The monoisotopic (exact) mass is 668 g/mol. The Hall–Kier alpha value is -3.38. The molecule has 0 radical (unpaired) electrons. The van der Waals surface area contributed by atoms with Gasteiger partial charge in [-0.15, -0.1) is 11.3 Å². The Kier molecular flexibility index (Phi) is 9.90. The molecule has 1 aromatic carbocycles. The number of rotatable bonds is 14. The van der Waals surface area contributed by atoms with Crippen molar-refractivity contribution in [1.29, 1.82) is 0 Å². The Morgan fingerprint density at radius 1 is 0.930 bits per heavy atom. The van der Waals surface area contributed by atoms with Crippen molar-refractivity contribution in [2.75, 3.05) is 46.8 Å². The van der Waals surface area contributed by atoms with E-state index < -0.39 is 29.7 Å². The SMILES string of the molecule is CC(C)c1nc(-c2cccc(N(NCCS(C)(=O)=O)S(=O)(=O)c3ccco3)c2)c(-c2ccnc(NCCS(C)(=O)=O)n2)s1. The number of aromatic nitrogens is 3. The lowest BCUT2D eigenvalue weighted by Gasteiger charge is -2.24. The molecule has 4 aromatic rings. The molecule has 2 N–H and O–H groups in total. The van der Waals surface area contributed by atoms with Crippen LogP contribution in [0, 0.1) is 0 Å². The molecule has 0 atom stereocenters. The molecule has 0 fully saturated rings. The van der Waals surface area contributed by atoms with Crippen LogP contribution in [0.25, 0.3) is 21.8 Å². The molecule has 0 amide bonds. The quantitative estimate of drug-likeness (QED) is 0.188. The molecule has 232 valence electrons. The van der Waals surface area contributed by atoms with Gasteiger partial charge in [0.2, 0.25) is 11.0 Å². The number of sulfonamides is 1. The van der Waals surface area contributed by atoms with Crippen molar-refractivity contribution in [1.82, 2.24) is 20.4 Å². The number of sulfone groups is 2. The Labute approximate surface area is 255 Å². The van der Waals surface area contributed by atoms with Gasteiger partial charge in [0.25, 0.3) is 0 Å². The Bertz CT molecular complexity index is 1890. The second-order valence-electron chi connectivity index (χ2n) is 10.00. The topological polar surface area (TPSA) is 182 Å². The zero-order chi connectivity index (χ0) is 31.4. The molecule has 13 nitrogen and oxygen atoms in total. The van der Waals surface area contributed by atoms with Gasteiger partial charge in [-0.2, -0.15) is 12.8 Å². The van der Waals surface area contributed by atoms with Crippen molar-refractivity contribution in [2.24, 2.45) is 0 Å². The van der Waals surface area contributed by atoms with Crippen molar-refractivity contribution in [3.8, 4) is 21.8 Å². The number of benzene rings is 1. The molecule has 0 saturated carbocycles. The summed E-state index contributed by atoms with van der Waals surface area (Å²) in [5.74, 6) is -0.0275. The van der Waals surface area contributed by atoms with Gasteiger partial charge in [0, 0.05) is 43.3 Å². The number of anilines is 2. The highest BCUT2D eigenvalue weighted by Crippen LogP contribution is 2.39. The molecule has 0 spiro atoms. The molecule has 0 saturated heterocycles. The number of hydrogen-bond donors (Lipinski definition) is 2. The van der Waals surface area contributed by atoms with Crippen molar-refractivity contribution in [2.45, 2.75) is 24.9 Å². The summed E-state index contributed by atoms with van der Waals surface area (Å²) in [6, 6.07) is 11.1. The van der Waals surface area contributed by atoms with Gasteiger partial charge in [-0.25, -0.2) is 37.2 Å². The summed E-state index contributed by atoms with van der Waals surface area (Å²) in [5, 5.41) is 3.44. The van der Waals surface area contributed by atoms with Crippen LogP contribution in [0.1, 0.15) is 24.8 Å². The van der Waals surface area contributed by atoms with Crippen molar-refractivity contribution in [3.05, 3.63) is 59.9 Å². The lowest BCUT2D eigenvalue weighted by molar-refractivity contribution is 0.446. The standard InChI is InChI=1S/C26H32N6O7S4/c1-18(2)25-31-23(24(40-25)21-10-11-27-26(30-21)28-12-15-41(3,33)34)19-7-5-8-20(17-19)32(29-13-16-42(4,35)36)43(37,38)22-9-6-14-39-22/h5-11,14,17-18,29H,12-13,15-16H2,1-4H3,(H,27,28,30). The average Bonchev–Trinajstić information content (AvgIpc) is 3.62. The minimum atomic E-state index is -4.25. The Morgan fingerprint density at radius 2 is 1.65 bits per heavy atom. The highest BCUT2D eigenvalue weighted by molar-refractivity contribution is 7.92. The molecule has 4 rings (SSSR count). The van der Waals surface area contributed by atoms with Gasteiger partial charge in [0.05, 0.1) is 44.7 Å². The van der Waals surface area contributed by atoms with E-state index in [1.165, 1.54) is 29.7 Å². The minimum Gasteiger partial charge on any atom is -0.451 e. The average molecular weight is 669 g/mol. The second-order valence-corrected chi connectivity index (χ2v) is 17.3. The van der Waals surface area contributed by atoms with Crippen LogP contribution in [0.15, 0.2) is 64.4 Å². The van der Waals surface area contributed by atoms with Gasteiger partial charge in [-0.3, -0.25) is 0 Å². The summed E-state index contributed by atoms with van der Waals surface area (Å²) in [7, 11) is -10.8. The van der Waals surface area contributed by atoms with Crippen LogP contribution < -0.4 is 15.2 Å². The molecule has 0 aliphatic rings. The van der Waals surface area contributed by atoms with E-state index in [1.54, 1.807) is 36.5 Å². The summed E-state index contributed by atoms with van der Waals surface area (Å²) in [6.45, 7) is 3.98. The molecular weight excluding hydrogens is 637 g/mol. The largest absolute Gasteiger partial charge is 0.451 e. The van der Waals surface area contributed by atoms with E-state index in [-0.39, 0.29) is 47.2 Å². The lowest BCUT2D eigenvalue weighted by atomic mass is 10.1. The zero-order valence-electron chi connectivity index (χ0n) is 23.9. The first-order valence-corrected chi connectivity index (χ1v) is 19.4. The predicted octanol–water partition coefficient (Wildman–Crippen LogP) is 3.18. The summed E-state index contributed by atoms with van der Waals surface area (Å²) in [5.41, 5.74) is 4.63. The fourth-order valence-corrected chi connectivity index (χ4v) is 7.05. The highest BCUT2D eigenvalue weighted by Gasteiger charge is 2.29. The summed E-state index contributed by atoms with van der Waals surface area (Å²) in [4.78, 5) is 14.3. The number of nitrogens with zero attached hydrogens (tertiary/aromatic N) is 4. The molecule has 0 bridgehead atoms. The van der Waals surface area contributed by atoms with Crippen molar-refractivity contribution in [3.63, 3.8) is 0 Å². The van der Waals surface area contributed by atoms with E-state index in [2.05, 4.69) is 20.7 Å². The molecule has 0 aliphatic carbocycles. The van der Waals surface area contributed by atoms with Crippen molar-refractivity contribution >= 4 is 52.7 Å². The van der Waals surface area contributed by atoms with Gasteiger partial charge < -0.3 is 9.73 Å². The third-order valence-corrected chi connectivity index (χ3v) is 10.7. The molecule has 0 aliphatic heterocycles. The number of thiazole rings is 1. The lowest BCUT2D eigenvalue weighted by Crippen LogP contribution is -2.44. The van der Waals surface area contributed by atoms with Gasteiger partial charge in [-0.1, -0.05) is 26.0 Å². The minimum absolute atomic E-state index is 0.0771. The van der Waals surface area contributed by atoms with E-state index >= 15 is 0 Å². The van der Waals surface area contributed by atoms with Crippen LogP contribution >= 0.6 is 11.3 Å². The van der Waals surface area contributed by atoms with Crippen molar-refractivity contribution < 1.29 is 29.7 Å². The molecule has 17 heteroatoms. The molecule has 0 unspecified atom stereocenters. The second kappa shape index (κ2) is 13.1. The molecule has 43 heavy (non-hydrogen) atoms. The Morgan fingerprint density at radius 3 is 2.30 bits per heavy atom. The number of hydrogen-bond acceptors (Lipinski definition) is 13. The van der Waals surface area contributed by atoms with E-state index in [1.807, 2.05) is 13.8 Å². The van der Waals surface area contributed by atoms with Crippen LogP contribution in [0.4, 0.5) is 11.6 Å². The van der Waals surface area contributed by atoms with E-state index in [0.717, 1.165) is 21.9 Å². The van der Waals surface area contributed by atoms with Crippen LogP contribution in [-0.4, -0.2) is 77.3 Å². The number of hydrazine groups is 1. The predicted molar refractivity (Wildman–Crippen MR) is 167 cm³/mol. The smallest absolute Gasteiger partial charge is 0.311 e. The summed E-state index contributed by atoms with van der Waals surface area (Å²) in [6.07, 6.45) is 5.01. The maximum absolute atomic E-state index is 13.5. The number of furan rings is 1. The van der Waals surface area contributed by atoms with Gasteiger partial charge in [0.1, 0.15) is 19.7 Å². The van der Waals surface area contributed by atoms with Crippen LogP contribution in [-0.2, 0) is 29.7 Å². The summed E-state index contributed by atoms with van der Waals surface area (Å²) >= 11 is 1.43. The van der Waals surface area contributed by atoms with Crippen LogP contribution in [0.5, 0.6) is 0 Å². The normalized spacial score (nSPS) is 12.5. The van der Waals surface area contributed by atoms with Crippen LogP contribution in [0.3, 0.4) is 0 Å². The molecule has 3 aromatic heterocycles. The Balaban J connectivity index is 1.75. The summed E-state index contributed by atoms with van der Waals surface area (Å²) < 4.78 is 79.6. The third-order valence-electron chi connectivity index (χ3n) is 5.85.